The summed E-state index contributed by atoms with van der Waals surface area (Å²) in [7, 11) is 0. The Morgan fingerprint density at radius 1 is 1.42 bits per heavy atom. The molecular weight excluding hydrogens is 306 g/mol. The van der Waals surface area contributed by atoms with E-state index in [9.17, 15) is 9.59 Å². The van der Waals surface area contributed by atoms with Crippen LogP contribution in [-0.2, 0) is 11.3 Å². The number of aryl methyl sites for hydroxylation is 1. The minimum Gasteiger partial charge on any atom is -0.333 e. The summed E-state index contributed by atoms with van der Waals surface area (Å²) < 4.78 is 0. The number of rotatable bonds is 3. The van der Waals surface area contributed by atoms with Crippen molar-refractivity contribution in [1.29, 1.82) is 0 Å². The van der Waals surface area contributed by atoms with Crippen molar-refractivity contribution >= 4 is 11.8 Å². The normalized spacial score (nSPS) is 23.0. The molecule has 2 amide bonds. The molecule has 0 aliphatic carbocycles. The van der Waals surface area contributed by atoms with Crippen molar-refractivity contribution < 1.29 is 9.59 Å². The van der Waals surface area contributed by atoms with Crippen molar-refractivity contribution in [2.24, 2.45) is 0 Å². The predicted molar refractivity (Wildman–Crippen MR) is 86.0 cm³/mol. The predicted octanol–water partition coefficient (Wildman–Crippen LogP) is 1.13. The second kappa shape index (κ2) is 5.74. The van der Waals surface area contributed by atoms with Crippen molar-refractivity contribution in [2.75, 3.05) is 6.54 Å². The van der Waals surface area contributed by atoms with Crippen molar-refractivity contribution in [1.82, 2.24) is 25.0 Å². The number of amides is 2. The maximum absolute atomic E-state index is 12.7. The summed E-state index contributed by atoms with van der Waals surface area (Å²) in [5, 5.41) is 6.86. The van der Waals surface area contributed by atoms with Crippen LogP contribution in [0.25, 0.3) is 0 Å². The summed E-state index contributed by atoms with van der Waals surface area (Å²) in [5.41, 5.74) is 2.29. The van der Waals surface area contributed by atoms with Gasteiger partial charge in [0.2, 0.25) is 5.91 Å². The van der Waals surface area contributed by atoms with Gasteiger partial charge in [-0.05, 0) is 31.0 Å². The lowest BCUT2D eigenvalue weighted by atomic mass is 10.1. The molecule has 0 saturated carbocycles. The fraction of sp³-hybridized carbons (Fsp3) is 0.412. The minimum atomic E-state index is -0.0946. The molecule has 24 heavy (non-hydrogen) atoms. The molecule has 4 rings (SSSR count). The van der Waals surface area contributed by atoms with E-state index in [1.807, 2.05) is 24.0 Å². The fourth-order valence-corrected chi connectivity index (χ4v) is 3.75. The summed E-state index contributed by atoms with van der Waals surface area (Å²) in [6, 6.07) is 5.62. The van der Waals surface area contributed by atoms with Crippen LogP contribution >= 0.6 is 0 Å². The Balaban J connectivity index is 1.52. The molecule has 2 aromatic rings. The molecule has 7 heteroatoms. The smallest absolute Gasteiger partial charge is 0.274 e. The molecule has 1 N–H and O–H groups in total. The number of likely N-dealkylation sites (tertiary alicyclic amines) is 2. The molecule has 2 saturated heterocycles. The third-order valence-electron chi connectivity index (χ3n) is 4.88. The zero-order valence-electron chi connectivity index (χ0n) is 13.5. The lowest BCUT2D eigenvalue weighted by Crippen LogP contribution is -2.39. The van der Waals surface area contributed by atoms with Gasteiger partial charge in [-0.25, -0.2) is 0 Å². The van der Waals surface area contributed by atoms with Gasteiger partial charge >= 0.3 is 0 Å². The van der Waals surface area contributed by atoms with E-state index in [1.54, 1.807) is 23.4 Å². The lowest BCUT2D eigenvalue weighted by molar-refractivity contribution is -0.129. The summed E-state index contributed by atoms with van der Waals surface area (Å²) in [6.07, 6.45) is 4.71. The number of hydrogen-bond acceptors (Lipinski definition) is 4. The van der Waals surface area contributed by atoms with E-state index < -0.39 is 0 Å². The van der Waals surface area contributed by atoms with Crippen LogP contribution in [0.5, 0.6) is 0 Å². The number of pyridine rings is 1. The van der Waals surface area contributed by atoms with Crippen LogP contribution in [0.2, 0.25) is 0 Å². The number of aromatic amines is 1. The maximum Gasteiger partial charge on any atom is 0.274 e. The Kier molecular flexibility index (Phi) is 3.55. The molecule has 2 fully saturated rings. The summed E-state index contributed by atoms with van der Waals surface area (Å²) in [5.74, 6) is 0.00689. The first-order valence-electron chi connectivity index (χ1n) is 8.15. The number of nitrogens with zero attached hydrogens (tertiary/aromatic N) is 4. The Morgan fingerprint density at radius 2 is 2.29 bits per heavy atom. The van der Waals surface area contributed by atoms with E-state index in [4.69, 9.17) is 0 Å². The van der Waals surface area contributed by atoms with Gasteiger partial charge in [-0.3, -0.25) is 19.7 Å². The summed E-state index contributed by atoms with van der Waals surface area (Å²) in [4.78, 5) is 32.9. The standard InChI is InChI=1S/C17H19N5O2/c1-11-7-13(20-19-11)17(24)21-6-4-14-15(21)8-16(23)22(14)10-12-3-2-5-18-9-12/h2-3,5,7,9,14-15H,4,6,8,10H2,1H3,(H,19,20)/t14-,15-/m0/s1. The highest BCUT2D eigenvalue weighted by Crippen LogP contribution is 2.34. The van der Waals surface area contributed by atoms with Crippen molar-refractivity contribution in [3.05, 3.63) is 47.5 Å². The third kappa shape index (κ3) is 2.46. The Hall–Kier alpha value is -2.70. The fourth-order valence-electron chi connectivity index (χ4n) is 3.75. The highest BCUT2D eigenvalue weighted by molar-refractivity contribution is 5.94. The number of carbonyl (C=O) groups is 2. The Labute approximate surface area is 139 Å². The zero-order chi connectivity index (χ0) is 16.7. The molecule has 4 heterocycles. The Morgan fingerprint density at radius 3 is 3.00 bits per heavy atom. The lowest BCUT2D eigenvalue weighted by Gasteiger charge is -2.25. The van der Waals surface area contributed by atoms with Gasteiger partial charge in [0.15, 0.2) is 0 Å². The number of H-pyrrole nitrogens is 1. The zero-order valence-corrected chi connectivity index (χ0v) is 13.5. The van der Waals surface area contributed by atoms with Gasteiger partial charge in [-0.1, -0.05) is 6.07 Å². The number of hydrogen-bond donors (Lipinski definition) is 1. The second-order valence-electron chi connectivity index (χ2n) is 6.45. The molecule has 0 spiro atoms. The average molecular weight is 325 g/mol. The second-order valence-corrected chi connectivity index (χ2v) is 6.45. The van der Waals surface area contributed by atoms with E-state index in [1.165, 1.54) is 0 Å². The molecule has 2 aromatic heterocycles. The van der Waals surface area contributed by atoms with E-state index >= 15 is 0 Å². The Bertz CT molecular complexity index is 772. The molecule has 7 nitrogen and oxygen atoms in total. The topological polar surface area (TPSA) is 82.2 Å². The van der Waals surface area contributed by atoms with Gasteiger partial charge in [-0.15, -0.1) is 0 Å². The van der Waals surface area contributed by atoms with Gasteiger partial charge in [0.05, 0.1) is 12.1 Å². The van der Waals surface area contributed by atoms with Crippen LogP contribution in [0, 0.1) is 6.92 Å². The minimum absolute atomic E-state index is 0.0568. The molecular formula is C17H19N5O2. The number of aromatic nitrogens is 3. The third-order valence-corrected chi connectivity index (χ3v) is 4.88. The van der Waals surface area contributed by atoms with Crippen LogP contribution in [0.15, 0.2) is 30.6 Å². The first-order valence-corrected chi connectivity index (χ1v) is 8.15. The largest absolute Gasteiger partial charge is 0.333 e. The van der Waals surface area contributed by atoms with Crippen molar-refractivity contribution in [3.8, 4) is 0 Å². The van der Waals surface area contributed by atoms with Gasteiger partial charge in [0.25, 0.3) is 5.91 Å². The number of fused-ring (bicyclic) bond motifs is 1. The van der Waals surface area contributed by atoms with Crippen LogP contribution < -0.4 is 0 Å². The molecule has 0 radical (unpaired) electrons. The van der Waals surface area contributed by atoms with E-state index in [0.29, 0.717) is 25.2 Å². The van der Waals surface area contributed by atoms with Crippen LogP contribution in [0.1, 0.15) is 34.6 Å². The van der Waals surface area contributed by atoms with Crippen LogP contribution in [0.4, 0.5) is 0 Å². The van der Waals surface area contributed by atoms with Gasteiger partial charge in [0, 0.05) is 37.6 Å². The average Bonchev–Trinajstić information content (AvgIpc) is 3.26. The van der Waals surface area contributed by atoms with Crippen LogP contribution in [0.3, 0.4) is 0 Å². The molecule has 124 valence electrons. The summed E-state index contributed by atoms with van der Waals surface area (Å²) >= 11 is 0. The van der Waals surface area contributed by atoms with Crippen molar-refractivity contribution in [3.63, 3.8) is 0 Å². The quantitative estimate of drug-likeness (QED) is 0.917. The van der Waals surface area contributed by atoms with Gasteiger partial charge < -0.3 is 9.80 Å². The van der Waals surface area contributed by atoms with E-state index in [2.05, 4.69) is 15.2 Å². The van der Waals surface area contributed by atoms with Crippen LogP contribution in [-0.4, -0.2) is 55.4 Å². The summed E-state index contributed by atoms with van der Waals surface area (Å²) in [6.45, 7) is 3.08. The number of carbonyl (C=O) groups excluding carboxylic acids is 2. The highest BCUT2D eigenvalue weighted by Gasteiger charge is 2.48. The maximum atomic E-state index is 12.7. The SMILES string of the molecule is Cc1cc(C(=O)N2CC[C@H]3[C@@H]2CC(=O)N3Cc2cccnc2)n[nH]1. The van der Waals surface area contributed by atoms with Gasteiger partial charge in [0.1, 0.15) is 5.69 Å². The van der Waals surface area contributed by atoms with Gasteiger partial charge in [-0.2, -0.15) is 5.10 Å². The van der Waals surface area contributed by atoms with Crippen molar-refractivity contribution in [2.45, 2.75) is 38.4 Å². The first kappa shape index (κ1) is 14.9. The monoisotopic (exact) mass is 325 g/mol. The molecule has 0 bridgehead atoms. The molecule has 0 unspecified atom stereocenters. The molecule has 0 aromatic carbocycles. The number of nitrogens with one attached hydrogen (secondary N) is 1. The molecule has 2 atom stereocenters. The molecule has 2 aliphatic rings. The molecule has 2 aliphatic heterocycles. The highest BCUT2D eigenvalue weighted by atomic mass is 16.2. The first-order chi connectivity index (χ1) is 11.6. The van der Waals surface area contributed by atoms with E-state index in [0.717, 1.165) is 17.7 Å². The van der Waals surface area contributed by atoms with E-state index in [-0.39, 0.29) is 23.9 Å².